The third-order valence-corrected chi connectivity index (χ3v) is 4.35. The quantitative estimate of drug-likeness (QED) is 0.436. The molecule has 0 amide bonds. The van der Waals surface area contributed by atoms with E-state index >= 15 is 0 Å². The van der Waals surface area contributed by atoms with Crippen LogP contribution in [0.5, 0.6) is 5.75 Å². The van der Waals surface area contributed by atoms with Gasteiger partial charge in [-0.2, -0.15) is 0 Å². The van der Waals surface area contributed by atoms with Crippen molar-refractivity contribution >= 4 is 45.1 Å². The summed E-state index contributed by atoms with van der Waals surface area (Å²) in [5, 5.41) is 19.8. The molecule has 1 heterocycles. The molecule has 23 heavy (non-hydrogen) atoms. The van der Waals surface area contributed by atoms with E-state index in [2.05, 4.69) is 4.99 Å². The molecular weight excluding hydrogens is 314 g/mol. The van der Waals surface area contributed by atoms with Crippen LogP contribution in [0, 0.1) is 0 Å². The molecule has 0 atom stereocenters. The lowest BCUT2D eigenvalue weighted by molar-refractivity contribution is -0.131. The molecule has 0 spiro atoms. The van der Waals surface area contributed by atoms with Crippen molar-refractivity contribution in [2.24, 2.45) is 4.99 Å². The number of thiophene rings is 1. The van der Waals surface area contributed by atoms with Crippen LogP contribution in [0.3, 0.4) is 0 Å². The number of carboxylic acid groups (broad SMARTS) is 1. The van der Waals surface area contributed by atoms with Crippen molar-refractivity contribution in [2.45, 2.75) is 0 Å². The van der Waals surface area contributed by atoms with Gasteiger partial charge in [-0.1, -0.05) is 24.3 Å². The number of Topliss-reactive ketones (excluding diaryl/α,β-unsaturated/α-hetero) is 1. The highest BCUT2D eigenvalue weighted by molar-refractivity contribution is 7.21. The molecule has 6 heteroatoms. The van der Waals surface area contributed by atoms with E-state index in [4.69, 9.17) is 5.11 Å². The van der Waals surface area contributed by atoms with Crippen LogP contribution in [0.2, 0.25) is 0 Å². The van der Waals surface area contributed by atoms with Crippen LogP contribution >= 0.6 is 11.3 Å². The minimum atomic E-state index is -1.53. The molecule has 0 aliphatic heterocycles. The van der Waals surface area contributed by atoms with Crippen molar-refractivity contribution in [3.8, 4) is 5.75 Å². The number of carbonyl (C=O) groups excluding carboxylic acids is 1. The van der Waals surface area contributed by atoms with Gasteiger partial charge in [0.05, 0.1) is 16.1 Å². The van der Waals surface area contributed by atoms with Gasteiger partial charge in [-0.3, -0.25) is 9.79 Å². The highest BCUT2D eigenvalue weighted by Crippen LogP contribution is 2.35. The highest BCUT2D eigenvalue weighted by Gasteiger charge is 2.17. The Labute approximate surface area is 135 Å². The predicted molar refractivity (Wildman–Crippen MR) is 89.2 cm³/mol. The first-order valence-corrected chi connectivity index (χ1v) is 7.51. The van der Waals surface area contributed by atoms with Gasteiger partial charge in [0, 0.05) is 16.3 Å². The Morgan fingerprint density at radius 2 is 1.74 bits per heavy atom. The Bertz CT molecular complexity index is 943. The number of carboxylic acids is 1. The molecular formula is C17H11NO4S. The number of hydrogen-bond acceptors (Lipinski definition) is 5. The van der Waals surface area contributed by atoms with E-state index in [1.165, 1.54) is 23.6 Å². The number of rotatable bonds is 4. The van der Waals surface area contributed by atoms with Crippen molar-refractivity contribution in [1.29, 1.82) is 0 Å². The molecule has 114 valence electrons. The number of para-hydroxylation sites is 1. The van der Waals surface area contributed by atoms with Crippen molar-refractivity contribution in [2.75, 3.05) is 0 Å². The molecule has 0 bridgehead atoms. The molecule has 1 aromatic heterocycles. The second-order valence-electron chi connectivity index (χ2n) is 4.72. The zero-order valence-corrected chi connectivity index (χ0v) is 12.6. The van der Waals surface area contributed by atoms with Crippen LogP contribution in [0.1, 0.15) is 15.2 Å². The Hall–Kier alpha value is -2.99. The Morgan fingerprint density at radius 3 is 2.48 bits per heavy atom. The van der Waals surface area contributed by atoms with Gasteiger partial charge >= 0.3 is 5.97 Å². The van der Waals surface area contributed by atoms with E-state index in [0.29, 0.717) is 4.88 Å². The second kappa shape index (κ2) is 6.02. The van der Waals surface area contributed by atoms with Gasteiger partial charge in [0.2, 0.25) is 0 Å². The Morgan fingerprint density at radius 1 is 1.04 bits per heavy atom. The minimum absolute atomic E-state index is 0.0110. The van der Waals surface area contributed by atoms with Gasteiger partial charge in [0.25, 0.3) is 5.78 Å². The largest absolute Gasteiger partial charge is 0.506 e. The number of hydrogen-bond donors (Lipinski definition) is 2. The maximum Gasteiger partial charge on any atom is 0.377 e. The standard InChI is InChI=1S/C17H11NO4S/c19-15-11-6-2-4-8-13(11)23-14(15)9-18-12-7-3-1-5-10(12)16(20)17(21)22/h1-9,19H,(H,21,22). The van der Waals surface area contributed by atoms with Gasteiger partial charge in [0.15, 0.2) is 0 Å². The van der Waals surface area contributed by atoms with E-state index in [-0.39, 0.29) is 17.0 Å². The van der Waals surface area contributed by atoms with Crippen LogP contribution in [-0.2, 0) is 4.79 Å². The SMILES string of the molecule is O=C(O)C(=O)c1ccccc1N=Cc1sc2ccccc2c1O. The molecule has 3 rings (SSSR count). The fraction of sp³-hybridized carbons (Fsp3) is 0. The Kier molecular flexibility index (Phi) is 3.91. The smallest absolute Gasteiger partial charge is 0.377 e. The van der Waals surface area contributed by atoms with E-state index in [0.717, 1.165) is 10.1 Å². The number of aromatic hydroxyl groups is 1. The number of aliphatic imine (C=N–C) groups is 1. The van der Waals surface area contributed by atoms with Crippen LogP contribution in [0.25, 0.3) is 10.1 Å². The molecule has 0 fully saturated rings. The Balaban J connectivity index is 2.01. The highest BCUT2D eigenvalue weighted by atomic mass is 32.1. The van der Waals surface area contributed by atoms with Crippen LogP contribution in [-0.4, -0.2) is 28.2 Å². The molecule has 0 saturated heterocycles. The summed E-state index contributed by atoms with van der Waals surface area (Å²) in [6.07, 6.45) is 1.44. The van der Waals surface area contributed by atoms with Crippen LogP contribution in [0.4, 0.5) is 5.69 Å². The topological polar surface area (TPSA) is 87.0 Å². The zero-order valence-electron chi connectivity index (χ0n) is 11.8. The summed E-state index contributed by atoms with van der Waals surface area (Å²) in [6.45, 7) is 0. The summed E-state index contributed by atoms with van der Waals surface area (Å²) in [7, 11) is 0. The molecule has 0 radical (unpaired) electrons. The number of fused-ring (bicyclic) bond motifs is 1. The average Bonchev–Trinajstić information content (AvgIpc) is 2.89. The molecule has 0 aliphatic carbocycles. The first-order chi connectivity index (χ1) is 11.1. The van der Waals surface area contributed by atoms with Gasteiger partial charge in [0.1, 0.15) is 5.75 Å². The lowest BCUT2D eigenvalue weighted by atomic mass is 10.1. The van der Waals surface area contributed by atoms with E-state index in [1.54, 1.807) is 24.3 Å². The van der Waals surface area contributed by atoms with E-state index in [9.17, 15) is 14.7 Å². The molecule has 2 N–H and O–H groups in total. The molecule has 0 unspecified atom stereocenters. The average molecular weight is 325 g/mol. The maximum absolute atomic E-state index is 11.7. The second-order valence-corrected chi connectivity index (χ2v) is 5.80. The summed E-state index contributed by atoms with van der Waals surface area (Å²) in [5.74, 6) is -2.42. The first kappa shape index (κ1) is 14.9. The summed E-state index contributed by atoms with van der Waals surface area (Å²) >= 11 is 1.36. The van der Waals surface area contributed by atoms with Crippen LogP contribution < -0.4 is 0 Å². The van der Waals surface area contributed by atoms with Crippen molar-refractivity contribution in [1.82, 2.24) is 0 Å². The number of nitrogens with zero attached hydrogens (tertiary/aromatic N) is 1. The zero-order chi connectivity index (χ0) is 16.4. The summed E-state index contributed by atoms with van der Waals surface area (Å²) in [5.41, 5.74) is 0.258. The van der Waals surface area contributed by atoms with Crippen molar-refractivity contribution in [3.63, 3.8) is 0 Å². The van der Waals surface area contributed by atoms with Gasteiger partial charge < -0.3 is 10.2 Å². The van der Waals surface area contributed by atoms with Gasteiger partial charge in [-0.05, 0) is 24.3 Å². The lowest BCUT2D eigenvalue weighted by Crippen LogP contribution is -2.12. The van der Waals surface area contributed by atoms with Gasteiger partial charge in [-0.15, -0.1) is 11.3 Å². The third-order valence-electron chi connectivity index (χ3n) is 3.26. The fourth-order valence-electron chi connectivity index (χ4n) is 2.16. The molecule has 0 aliphatic rings. The van der Waals surface area contributed by atoms with E-state index < -0.39 is 11.8 Å². The number of ketones is 1. The molecule has 5 nitrogen and oxygen atoms in total. The first-order valence-electron chi connectivity index (χ1n) is 6.69. The summed E-state index contributed by atoms with van der Waals surface area (Å²) in [6, 6.07) is 13.6. The van der Waals surface area contributed by atoms with Gasteiger partial charge in [-0.25, -0.2) is 4.79 Å². The third kappa shape index (κ3) is 2.84. The summed E-state index contributed by atoms with van der Waals surface area (Å²) in [4.78, 5) is 27.2. The normalized spacial score (nSPS) is 11.1. The van der Waals surface area contributed by atoms with Crippen LogP contribution in [0.15, 0.2) is 53.5 Å². The fourth-order valence-corrected chi connectivity index (χ4v) is 3.13. The number of carbonyl (C=O) groups is 2. The molecule has 0 saturated carbocycles. The van der Waals surface area contributed by atoms with E-state index in [1.807, 2.05) is 18.2 Å². The predicted octanol–water partition coefficient (Wildman–Crippen LogP) is 3.62. The minimum Gasteiger partial charge on any atom is -0.506 e. The van der Waals surface area contributed by atoms with Crippen molar-refractivity contribution < 1.29 is 19.8 Å². The summed E-state index contributed by atoms with van der Waals surface area (Å²) < 4.78 is 0.918. The monoisotopic (exact) mass is 325 g/mol. The van der Waals surface area contributed by atoms with Crippen molar-refractivity contribution in [3.05, 3.63) is 59.0 Å². The number of benzene rings is 2. The number of aliphatic carboxylic acids is 1. The molecule has 3 aromatic rings. The lowest BCUT2D eigenvalue weighted by Gasteiger charge is -2.00. The maximum atomic E-state index is 11.7. The molecule has 2 aromatic carbocycles.